The molecule has 0 saturated carbocycles. The average Bonchev–Trinajstić information content (AvgIpc) is 2.23. The highest BCUT2D eigenvalue weighted by Gasteiger charge is 2.19. The summed E-state index contributed by atoms with van der Waals surface area (Å²) in [7, 11) is 0. The van der Waals surface area contributed by atoms with Crippen LogP contribution in [-0.2, 0) is 0 Å². The van der Waals surface area contributed by atoms with E-state index in [1.54, 1.807) is 0 Å². The number of aromatic nitrogens is 1. The van der Waals surface area contributed by atoms with Crippen LogP contribution in [0.4, 0.5) is 0 Å². The Labute approximate surface area is 99.3 Å². The normalized spacial score (nSPS) is 10.8. The highest BCUT2D eigenvalue weighted by atomic mass is 16.5. The maximum atomic E-state index is 11.8. The van der Waals surface area contributed by atoms with Gasteiger partial charge in [0.2, 0.25) is 0 Å². The van der Waals surface area contributed by atoms with Crippen LogP contribution in [0.15, 0.2) is 10.9 Å². The summed E-state index contributed by atoms with van der Waals surface area (Å²) in [6, 6.07) is 1.20. The SMILES string of the molecule is Cc1cc(O)c(C(=O)CCC(C)C)c(=O)n1O. The summed E-state index contributed by atoms with van der Waals surface area (Å²) in [6.45, 7) is 5.39. The van der Waals surface area contributed by atoms with Crippen LogP contribution in [0.3, 0.4) is 0 Å². The summed E-state index contributed by atoms with van der Waals surface area (Å²) in [5.41, 5.74) is -1.01. The number of hydrogen-bond donors (Lipinski definition) is 2. The summed E-state index contributed by atoms with van der Waals surface area (Å²) in [6.07, 6.45) is 0.820. The van der Waals surface area contributed by atoms with Gasteiger partial charge in [0.05, 0.1) is 5.69 Å². The molecule has 1 heterocycles. The first-order chi connectivity index (χ1) is 7.84. The van der Waals surface area contributed by atoms with Gasteiger partial charge in [-0.25, -0.2) is 0 Å². The van der Waals surface area contributed by atoms with Gasteiger partial charge < -0.3 is 10.3 Å². The van der Waals surface area contributed by atoms with Crippen molar-refractivity contribution in [2.24, 2.45) is 5.92 Å². The van der Waals surface area contributed by atoms with E-state index in [0.717, 1.165) is 0 Å². The number of nitrogens with zero attached hydrogens (tertiary/aromatic N) is 1. The van der Waals surface area contributed by atoms with Crippen LogP contribution in [0.5, 0.6) is 5.75 Å². The standard InChI is InChI=1S/C12H17NO4/c1-7(2)4-5-9(14)11-10(15)6-8(3)13(17)12(11)16/h6-7,15,17H,4-5H2,1-3H3. The summed E-state index contributed by atoms with van der Waals surface area (Å²) < 4.78 is 0.377. The maximum Gasteiger partial charge on any atom is 0.297 e. The van der Waals surface area contributed by atoms with Gasteiger partial charge in [-0.1, -0.05) is 13.8 Å². The lowest BCUT2D eigenvalue weighted by Crippen LogP contribution is -2.26. The highest BCUT2D eigenvalue weighted by Crippen LogP contribution is 2.17. The molecule has 0 aliphatic carbocycles. The van der Waals surface area contributed by atoms with Gasteiger partial charge in [-0.15, -0.1) is 0 Å². The molecule has 17 heavy (non-hydrogen) atoms. The molecule has 0 aromatic carbocycles. The molecular formula is C12H17NO4. The van der Waals surface area contributed by atoms with Gasteiger partial charge >= 0.3 is 0 Å². The number of aromatic hydroxyl groups is 1. The predicted octanol–water partition coefficient (Wildman–Crippen LogP) is 1.72. The minimum atomic E-state index is -0.865. The summed E-state index contributed by atoms with van der Waals surface area (Å²) >= 11 is 0. The van der Waals surface area contributed by atoms with Crippen molar-refractivity contribution in [1.82, 2.24) is 4.73 Å². The molecule has 0 radical (unpaired) electrons. The zero-order valence-corrected chi connectivity index (χ0v) is 10.2. The maximum absolute atomic E-state index is 11.8. The number of hydrogen-bond acceptors (Lipinski definition) is 4. The van der Waals surface area contributed by atoms with Crippen LogP contribution in [-0.4, -0.2) is 20.8 Å². The molecule has 0 unspecified atom stereocenters. The van der Waals surface area contributed by atoms with Gasteiger partial charge in [0, 0.05) is 12.5 Å². The molecule has 94 valence electrons. The van der Waals surface area contributed by atoms with Gasteiger partial charge in [-0.3, -0.25) is 9.59 Å². The van der Waals surface area contributed by atoms with E-state index in [1.807, 2.05) is 13.8 Å². The molecule has 0 aliphatic rings. The highest BCUT2D eigenvalue weighted by molar-refractivity contribution is 5.98. The van der Waals surface area contributed by atoms with Crippen molar-refractivity contribution >= 4 is 5.78 Å². The molecule has 0 bridgehead atoms. The van der Waals surface area contributed by atoms with Crippen molar-refractivity contribution in [3.63, 3.8) is 0 Å². The number of carbonyl (C=O) groups excluding carboxylic acids is 1. The number of carbonyl (C=O) groups is 1. The molecule has 5 heteroatoms. The fourth-order valence-corrected chi connectivity index (χ4v) is 1.51. The third kappa shape index (κ3) is 2.87. The molecule has 1 aromatic rings. The lowest BCUT2D eigenvalue weighted by Gasteiger charge is -2.08. The molecule has 0 amide bonds. The Balaban J connectivity index is 3.10. The van der Waals surface area contributed by atoms with E-state index >= 15 is 0 Å². The third-order valence-corrected chi connectivity index (χ3v) is 2.57. The van der Waals surface area contributed by atoms with Crippen molar-refractivity contribution in [2.75, 3.05) is 0 Å². The number of aryl methyl sites for hydroxylation is 1. The molecule has 0 fully saturated rings. The van der Waals surface area contributed by atoms with Crippen molar-refractivity contribution in [3.8, 4) is 5.75 Å². The topological polar surface area (TPSA) is 79.5 Å². The van der Waals surface area contributed by atoms with Crippen LogP contribution in [0.25, 0.3) is 0 Å². The van der Waals surface area contributed by atoms with Crippen LogP contribution >= 0.6 is 0 Å². The van der Waals surface area contributed by atoms with E-state index in [0.29, 0.717) is 17.1 Å². The minimum Gasteiger partial charge on any atom is -0.507 e. The molecule has 0 atom stereocenters. The predicted molar refractivity (Wildman–Crippen MR) is 62.7 cm³/mol. The number of ketones is 1. The molecular weight excluding hydrogens is 222 g/mol. The van der Waals surface area contributed by atoms with Crippen molar-refractivity contribution < 1.29 is 15.1 Å². The Morgan fingerprint density at radius 2 is 2.06 bits per heavy atom. The van der Waals surface area contributed by atoms with Gasteiger partial charge in [0.1, 0.15) is 11.3 Å². The molecule has 5 nitrogen and oxygen atoms in total. The summed E-state index contributed by atoms with van der Waals surface area (Å²) in [5, 5.41) is 19.0. The zero-order chi connectivity index (χ0) is 13.2. The fourth-order valence-electron chi connectivity index (χ4n) is 1.51. The van der Waals surface area contributed by atoms with E-state index in [2.05, 4.69) is 0 Å². The van der Waals surface area contributed by atoms with Crippen molar-refractivity contribution in [2.45, 2.75) is 33.6 Å². The van der Waals surface area contributed by atoms with Crippen LogP contribution in [0.1, 0.15) is 42.7 Å². The monoisotopic (exact) mass is 239 g/mol. The average molecular weight is 239 g/mol. The fraction of sp³-hybridized carbons (Fsp3) is 0.500. The Morgan fingerprint density at radius 3 is 2.59 bits per heavy atom. The van der Waals surface area contributed by atoms with E-state index < -0.39 is 11.3 Å². The van der Waals surface area contributed by atoms with Crippen LogP contribution < -0.4 is 5.56 Å². The first kappa shape index (κ1) is 13.3. The lowest BCUT2D eigenvalue weighted by atomic mass is 10.0. The first-order valence-electron chi connectivity index (χ1n) is 5.52. The second-order valence-electron chi connectivity index (χ2n) is 4.52. The van der Waals surface area contributed by atoms with Gasteiger partial charge in [-0.05, 0) is 19.3 Å². The Hall–Kier alpha value is -1.78. The first-order valence-corrected chi connectivity index (χ1v) is 5.52. The quantitative estimate of drug-likeness (QED) is 0.619. The number of pyridine rings is 1. The van der Waals surface area contributed by atoms with Gasteiger partial charge in [0.25, 0.3) is 5.56 Å². The number of rotatable bonds is 4. The van der Waals surface area contributed by atoms with Crippen molar-refractivity contribution in [1.29, 1.82) is 0 Å². The smallest absolute Gasteiger partial charge is 0.297 e. The van der Waals surface area contributed by atoms with E-state index in [9.17, 15) is 19.9 Å². The lowest BCUT2D eigenvalue weighted by molar-refractivity contribution is 0.0962. The third-order valence-electron chi connectivity index (χ3n) is 2.57. The minimum absolute atomic E-state index is 0.184. The van der Waals surface area contributed by atoms with Crippen molar-refractivity contribution in [3.05, 3.63) is 27.7 Å². The van der Waals surface area contributed by atoms with Gasteiger partial charge in [-0.2, -0.15) is 4.73 Å². The molecule has 1 rings (SSSR count). The molecule has 0 saturated heterocycles. The molecule has 0 spiro atoms. The summed E-state index contributed by atoms with van der Waals surface area (Å²) in [5.74, 6) is -0.474. The zero-order valence-electron chi connectivity index (χ0n) is 10.2. The van der Waals surface area contributed by atoms with Crippen LogP contribution in [0, 0.1) is 12.8 Å². The van der Waals surface area contributed by atoms with E-state index in [-0.39, 0.29) is 23.4 Å². The second kappa shape index (κ2) is 5.03. The van der Waals surface area contributed by atoms with Crippen LogP contribution in [0.2, 0.25) is 0 Å². The molecule has 2 N–H and O–H groups in total. The summed E-state index contributed by atoms with van der Waals surface area (Å²) in [4.78, 5) is 23.4. The second-order valence-corrected chi connectivity index (χ2v) is 4.52. The number of Topliss-reactive ketones (excluding diaryl/α,β-unsaturated/α-hetero) is 1. The Kier molecular flexibility index (Phi) is 3.93. The van der Waals surface area contributed by atoms with Gasteiger partial charge in [0.15, 0.2) is 5.78 Å². The van der Waals surface area contributed by atoms with E-state index in [1.165, 1.54) is 13.0 Å². The Bertz CT molecular complexity index is 488. The Morgan fingerprint density at radius 1 is 1.47 bits per heavy atom. The molecule has 0 aliphatic heterocycles. The largest absolute Gasteiger partial charge is 0.507 e. The van der Waals surface area contributed by atoms with E-state index in [4.69, 9.17) is 0 Å². The molecule has 1 aromatic heterocycles.